The molecule has 13 heteroatoms. The number of benzene rings is 2. The molecule has 4 aromatic rings. The minimum absolute atomic E-state index is 0.0250. The molecule has 0 bridgehead atoms. The number of aliphatic hydroxyl groups is 1. The summed E-state index contributed by atoms with van der Waals surface area (Å²) in [6, 6.07) is 11.4. The van der Waals surface area contributed by atoms with Gasteiger partial charge in [0.05, 0.1) is 12.4 Å². The van der Waals surface area contributed by atoms with Crippen LogP contribution in [0.5, 0.6) is 0 Å². The SMILES string of the molecule is CC(O)C(N)C(=O)NC(Cc1ccccc1)C(=O)NC(Cc1c[nH]c2ccccc12)C(=O)NC(Cc1cnc[nH]1)C(=O)O. The number of nitrogens with one attached hydrogen (secondary N) is 5. The summed E-state index contributed by atoms with van der Waals surface area (Å²) in [4.78, 5) is 62.0. The summed E-state index contributed by atoms with van der Waals surface area (Å²) in [5, 5.41) is 28.3. The highest BCUT2D eigenvalue weighted by Gasteiger charge is 2.32. The van der Waals surface area contributed by atoms with Crippen molar-refractivity contribution in [3.05, 3.63) is 90.1 Å². The van der Waals surface area contributed by atoms with E-state index in [0.29, 0.717) is 5.69 Å². The number of aromatic amines is 2. The van der Waals surface area contributed by atoms with E-state index in [1.165, 1.54) is 19.4 Å². The Balaban J connectivity index is 1.60. The lowest BCUT2D eigenvalue weighted by atomic mass is 10.0. The summed E-state index contributed by atoms with van der Waals surface area (Å²) in [5.41, 5.74) is 8.59. The van der Waals surface area contributed by atoms with Crippen molar-refractivity contribution < 1.29 is 29.4 Å². The zero-order chi connectivity index (χ0) is 30.9. The Labute approximate surface area is 247 Å². The van der Waals surface area contributed by atoms with Crippen LogP contribution in [0.2, 0.25) is 0 Å². The maximum Gasteiger partial charge on any atom is 0.326 e. The van der Waals surface area contributed by atoms with Gasteiger partial charge in [-0.2, -0.15) is 0 Å². The van der Waals surface area contributed by atoms with Gasteiger partial charge >= 0.3 is 5.97 Å². The fraction of sp³-hybridized carbons (Fsp3) is 0.300. The van der Waals surface area contributed by atoms with E-state index in [2.05, 4.69) is 30.9 Å². The lowest BCUT2D eigenvalue weighted by Gasteiger charge is -2.26. The molecule has 5 atom stereocenters. The molecular weight excluding hydrogens is 554 g/mol. The Morgan fingerprint density at radius 2 is 1.47 bits per heavy atom. The number of nitrogens with two attached hydrogens (primary N) is 1. The van der Waals surface area contributed by atoms with Crippen LogP contribution in [0, 0.1) is 0 Å². The molecule has 2 aromatic carbocycles. The van der Waals surface area contributed by atoms with Gasteiger partial charge < -0.3 is 41.9 Å². The maximum absolute atomic E-state index is 13.7. The monoisotopic (exact) mass is 589 g/mol. The van der Waals surface area contributed by atoms with Gasteiger partial charge in [-0.05, 0) is 24.1 Å². The molecule has 4 rings (SSSR count). The number of nitrogens with zero attached hydrogens (tertiary/aromatic N) is 1. The van der Waals surface area contributed by atoms with E-state index < -0.39 is 54.0 Å². The minimum atomic E-state index is -1.31. The van der Waals surface area contributed by atoms with Crippen molar-refractivity contribution in [2.45, 2.75) is 56.5 Å². The molecule has 2 heterocycles. The quantitative estimate of drug-likeness (QED) is 0.101. The van der Waals surface area contributed by atoms with Crippen LogP contribution < -0.4 is 21.7 Å². The number of hydrogen-bond donors (Lipinski definition) is 8. The molecular formula is C30H35N7O6. The van der Waals surface area contributed by atoms with Gasteiger partial charge in [0.15, 0.2) is 0 Å². The number of imidazole rings is 1. The molecule has 3 amide bonds. The second kappa shape index (κ2) is 14.2. The van der Waals surface area contributed by atoms with Crippen molar-refractivity contribution in [1.29, 1.82) is 0 Å². The predicted octanol–water partition coefficient (Wildman–Crippen LogP) is 0.166. The number of fused-ring (bicyclic) bond motifs is 1. The zero-order valence-corrected chi connectivity index (χ0v) is 23.5. The molecule has 0 radical (unpaired) electrons. The molecule has 43 heavy (non-hydrogen) atoms. The van der Waals surface area contributed by atoms with E-state index in [9.17, 15) is 29.4 Å². The number of aromatic nitrogens is 3. The number of hydrogen-bond acceptors (Lipinski definition) is 7. The van der Waals surface area contributed by atoms with Gasteiger partial charge in [0.25, 0.3) is 0 Å². The normalized spacial score (nSPS) is 14.7. The van der Waals surface area contributed by atoms with Crippen LogP contribution in [0.25, 0.3) is 10.9 Å². The van der Waals surface area contributed by atoms with Gasteiger partial charge in [-0.15, -0.1) is 0 Å². The lowest BCUT2D eigenvalue weighted by molar-refractivity contribution is -0.142. The highest BCUT2D eigenvalue weighted by molar-refractivity contribution is 5.95. The van der Waals surface area contributed by atoms with E-state index >= 15 is 0 Å². The van der Waals surface area contributed by atoms with Crippen LogP contribution in [-0.4, -0.2) is 79.1 Å². The summed E-state index contributed by atoms with van der Waals surface area (Å²) < 4.78 is 0. The first-order valence-electron chi connectivity index (χ1n) is 13.8. The van der Waals surface area contributed by atoms with Crippen LogP contribution in [-0.2, 0) is 38.4 Å². The summed E-state index contributed by atoms with van der Waals surface area (Å²) in [6.45, 7) is 1.36. The van der Waals surface area contributed by atoms with Crippen LogP contribution in [0.3, 0.4) is 0 Å². The molecule has 5 unspecified atom stereocenters. The first-order chi connectivity index (χ1) is 20.6. The van der Waals surface area contributed by atoms with Crippen LogP contribution >= 0.6 is 0 Å². The number of para-hydroxylation sites is 1. The minimum Gasteiger partial charge on any atom is -0.480 e. The first kappa shape index (κ1) is 30.9. The molecule has 0 aliphatic rings. The van der Waals surface area contributed by atoms with Crippen molar-refractivity contribution in [2.24, 2.45) is 5.73 Å². The van der Waals surface area contributed by atoms with Crippen molar-refractivity contribution in [2.75, 3.05) is 0 Å². The number of rotatable bonds is 14. The van der Waals surface area contributed by atoms with Gasteiger partial charge in [0.2, 0.25) is 17.7 Å². The number of carbonyl (C=O) groups is 4. The van der Waals surface area contributed by atoms with Crippen LogP contribution in [0.4, 0.5) is 0 Å². The number of amides is 3. The molecule has 0 aliphatic carbocycles. The second-order valence-corrected chi connectivity index (χ2v) is 10.3. The number of H-pyrrole nitrogens is 2. The molecule has 13 nitrogen and oxygen atoms in total. The number of carboxylic acids is 1. The smallest absolute Gasteiger partial charge is 0.326 e. The van der Waals surface area contributed by atoms with E-state index in [0.717, 1.165) is 22.0 Å². The zero-order valence-electron chi connectivity index (χ0n) is 23.5. The molecule has 0 saturated heterocycles. The molecule has 0 fully saturated rings. The Kier molecular flexibility index (Phi) is 10.3. The molecule has 2 aromatic heterocycles. The first-order valence-corrected chi connectivity index (χ1v) is 13.8. The number of aliphatic hydroxyl groups excluding tert-OH is 1. The largest absolute Gasteiger partial charge is 0.480 e. The van der Waals surface area contributed by atoms with Gasteiger partial charge in [-0.25, -0.2) is 9.78 Å². The standard InChI is InChI=1S/C30H35N7O6/c1-17(38)26(31)29(41)36-23(11-18-7-3-2-4-8-18)27(39)35-24(12-19-14-33-22-10-6-5-9-21(19)22)28(40)37-25(30(42)43)13-20-15-32-16-34-20/h2-10,14-17,23-26,33,38H,11-13,31H2,1H3,(H,32,34)(H,35,39)(H,36,41)(H,37,40)(H,42,43). The fourth-order valence-electron chi connectivity index (χ4n) is 4.64. The Morgan fingerprint density at radius 1 is 0.837 bits per heavy atom. The fourth-order valence-corrected chi connectivity index (χ4v) is 4.64. The number of carbonyl (C=O) groups excluding carboxylic acids is 3. The van der Waals surface area contributed by atoms with E-state index in [-0.39, 0.29) is 19.3 Å². The summed E-state index contributed by atoms with van der Waals surface area (Å²) in [6.07, 6.45) is 3.47. The van der Waals surface area contributed by atoms with Crippen molar-refractivity contribution in [3.63, 3.8) is 0 Å². The average molecular weight is 590 g/mol. The van der Waals surface area contributed by atoms with E-state index in [1.54, 1.807) is 30.5 Å². The third-order valence-corrected chi connectivity index (χ3v) is 7.06. The van der Waals surface area contributed by atoms with Crippen molar-refractivity contribution >= 4 is 34.6 Å². The topological polar surface area (TPSA) is 215 Å². The summed E-state index contributed by atoms with van der Waals surface area (Å²) in [5.74, 6) is -3.41. The average Bonchev–Trinajstić information content (AvgIpc) is 3.66. The molecule has 9 N–H and O–H groups in total. The molecule has 0 aliphatic heterocycles. The summed E-state index contributed by atoms with van der Waals surface area (Å²) >= 11 is 0. The summed E-state index contributed by atoms with van der Waals surface area (Å²) in [7, 11) is 0. The van der Waals surface area contributed by atoms with Crippen LogP contribution in [0.1, 0.15) is 23.7 Å². The molecule has 0 spiro atoms. The lowest BCUT2D eigenvalue weighted by Crippen LogP contribution is -2.59. The second-order valence-electron chi connectivity index (χ2n) is 10.3. The highest BCUT2D eigenvalue weighted by Crippen LogP contribution is 2.19. The number of aliphatic carboxylic acids is 1. The van der Waals surface area contributed by atoms with Gasteiger partial charge in [0, 0.05) is 48.3 Å². The maximum atomic E-state index is 13.7. The van der Waals surface area contributed by atoms with Gasteiger partial charge in [-0.3, -0.25) is 14.4 Å². The Morgan fingerprint density at radius 3 is 2.12 bits per heavy atom. The van der Waals surface area contributed by atoms with Gasteiger partial charge in [0.1, 0.15) is 24.2 Å². The van der Waals surface area contributed by atoms with E-state index in [4.69, 9.17) is 5.73 Å². The van der Waals surface area contributed by atoms with Crippen molar-refractivity contribution in [1.82, 2.24) is 30.9 Å². The van der Waals surface area contributed by atoms with Crippen LogP contribution in [0.15, 0.2) is 73.3 Å². The number of carboxylic acid groups (broad SMARTS) is 1. The third kappa shape index (κ3) is 8.27. The Bertz CT molecular complexity index is 1540. The Hall–Kier alpha value is -5.01. The third-order valence-electron chi connectivity index (χ3n) is 7.06. The highest BCUT2D eigenvalue weighted by atomic mass is 16.4. The molecule has 226 valence electrons. The van der Waals surface area contributed by atoms with Gasteiger partial charge in [-0.1, -0.05) is 48.5 Å². The predicted molar refractivity (Wildman–Crippen MR) is 158 cm³/mol. The van der Waals surface area contributed by atoms with Crippen molar-refractivity contribution in [3.8, 4) is 0 Å². The van der Waals surface area contributed by atoms with E-state index in [1.807, 2.05) is 30.3 Å². The molecule has 0 saturated carbocycles.